The van der Waals surface area contributed by atoms with Crippen LogP contribution in [0.3, 0.4) is 0 Å². The summed E-state index contributed by atoms with van der Waals surface area (Å²) in [6, 6.07) is 25.1. The van der Waals surface area contributed by atoms with Crippen molar-refractivity contribution < 1.29 is 4.74 Å². The average molecular weight is 436 g/mol. The average Bonchev–Trinajstić information content (AvgIpc) is 3.50. The van der Waals surface area contributed by atoms with E-state index in [0.29, 0.717) is 6.54 Å². The number of hydrogen-bond donors (Lipinski definition) is 0. The van der Waals surface area contributed by atoms with E-state index in [-0.39, 0.29) is 6.10 Å². The fraction of sp³-hybridized carbons (Fsp3) is 0.185. The number of benzene rings is 3. The Morgan fingerprint density at radius 3 is 2.27 bits per heavy atom. The van der Waals surface area contributed by atoms with Gasteiger partial charge in [0.15, 0.2) is 0 Å². The third-order valence-corrected chi connectivity index (χ3v) is 6.68. The standard InChI is InChI=1S/C27H25N5O/c1-30-16-21(19-11-4-7-13-23(19)30)27(33-3)26-20(18-10-5-8-14-24(18)31(26)2)17-32-25-15-9-6-12-22(25)28-29-32/h4-16,27H,17H2,1-3H3. The predicted molar refractivity (Wildman–Crippen MR) is 131 cm³/mol. The third kappa shape index (κ3) is 2.98. The van der Waals surface area contributed by atoms with E-state index in [9.17, 15) is 0 Å². The zero-order valence-electron chi connectivity index (χ0n) is 18.9. The summed E-state index contributed by atoms with van der Waals surface area (Å²) in [5.74, 6) is 0. The number of hydrogen-bond acceptors (Lipinski definition) is 3. The highest BCUT2D eigenvalue weighted by molar-refractivity contribution is 5.88. The van der Waals surface area contributed by atoms with Crippen molar-refractivity contribution in [3.8, 4) is 0 Å². The quantitative estimate of drug-likeness (QED) is 0.374. The lowest BCUT2D eigenvalue weighted by Crippen LogP contribution is -2.13. The van der Waals surface area contributed by atoms with E-state index in [2.05, 4.69) is 94.3 Å². The van der Waals surface area contributed by atoms with Crippen molar-refractivity contribution in [1.82, 2.24) is 24.1 Å². The number of aromatic nitrogens is 5. The fourth-order valence-corrected chi connectivity index (χ4v) is 5.14. The van der Waals surface area contributed by atoms with Crippen LogP contribution >= 0.6 is 0 Å². The minimum Gasteiger partial charge on any atom is -0.370 e. The lowest BCUT2D eigenvalue weighted by molar-refractivity contribution is 0.131. The molecule has 6 nitrogen and oxygen atoms in total. The molecule has 0 amide bonds. The van der Waals surface area contributed by atoms with Crippen LogP contribution in [0.4, 0.5) is 0 Å². The van der Waals surface area contributed by atoms with Crippen molar-refractivity contribution in [2.24, 2.45) is 14.1 Å². The van der Waals surface area contributed by atoms with Gasteiger partial charge >= 0.3 is 0 Å². The minimum atomic E-state index is -0.224. The Bertz CT molecular complexity index is 1620. The van der Waals surface area contributed by atoms with Crippen LogP contribution in [-0.4, -0.2) is 31.2 Å². The summed E-state index contributed by atoms with van der Waals surface area (Å²) in [5.41, 5.74) is 7.78. The summed E-state index contributed by atoms with van der Waals surface area (Å²) in [5, 5.41) is 11.3. The van der Waals surface area contributed by atoms with E-state index < -0.39 is 0 Å². The van der Waals surface area contributed by atoms with Gasteiger partial charge in [-0.05, 0) is 24.3 Å². The van der Waals surface area contributed by atoms with E-state index in [1.807, 2.05) is 22.9 Å². The van der Waals surface area contributed by atoms with Crippen LogP contribution in [0.1, 0.15) is 22.9 Å². The number of para-hydroxylation sites is 3. The van der Waals surface area contributed by atoms with Gasteiger partial charge in [0, 0.05) is 60.3 Å². The number of rotatable bonds is 5. The van der Waals surface area contributed by atoms with Crippen LogP contribution in [0.5, 0.6) is 0 Å². The van der Waals surface area contributed by atoms with Crippen molar-refractivity contribution in [2.45, 2.75) is 12.6 Å². The Balaban J connectivity index is 1.59. The molecule has 0 saturated carbocycles. The zero-order chi connectivity index (χ0) is 22.5. The van der Waals surface area contributed by atoms with E-state index in [1.165, 1.54) is 27.4 Å². The maximum Gasteiger partial charge on any atom is 0.124 e. The van der Waals surface area contributed by atoms with Crippen LogP contribution in [0, 0.1) is 0 Å². The molecule has 0 bridgehead atoms. The Labute approximate surface area is 191 Å². The van der Waals surface area contributed by atoms with Gasteiger partial charge in [0.25, 0.3) is 0 Å². The molecule has 3 aromatic heterocycles. The van der Waals surface area contributed by atoms with Crippen molar-refractivity contribution in [3.05, 3.63) is 95.8 Å². The molecule has 3 heterocycles. The second-order valence-electron chi connectivity index (χ2n) is 8.50. The number of ether oxygens (including phenoxy) is 1. The molecule has 6 aromatic rings. The molecule has 0 aliphatic rings. The summed E-state index contributed by atoms with van der Waals surface area (Å²) in [7, 11) is 6.00. The molecule has 164 valence electrons. The Morgan fingerprint density at radius 1 is 0.818 bits per heavy atom. The van der Waals surface area contributed by atoms with Crippen molar-refractivity contribution in [2.75, 3.05) is 7.11 Å². The van der Waals surface area contributed by atoms with Crippen molar-refractivity contribution in [1.29, 1.82) is 0 Å². The minimum absolute atomic E-state index is 0.224. The highest BCUT2D eigenvalue weighted by Crippen LogP contribution is 2.38. The van der Waals surface area contributed by atoms with E-state index in [4.69, 9.17) is 4.74 Å². The maximum absolute atomic E-state index is 6.22. The molecule has 1 unspecified atom stereocenters. The Kier molecular flexibility index (Phi) is 4.55. The topological polar surface area (TPSA) is 49.8 Å². The van der Waals surface area contributed by atoms with Gasteiger partial charge in [0.2, 0.25) is 0 Å². The number of fused-ring (bicyclic) bond motifs is 3. The summed E-state index contributed by atoms with van der Waals surface area (Å²) in [4.78, 5) is 0. The summed E-state index contributed by atoms with van der Waals surface area (Å²) in [6.45, 7) is 0.613. The van der Waals surface area contributed by atoms with Crippen molar-refractivity contribution in [3.63, 3.8) is 0 Å². The highest BCUT2D eigenvalue weighted by atomic mass is 16.5. The monoisotopic (exact) mass is 435 g/mol. The molecule has 6 rings (SSSR count). The molecular formula is C27H25N5O. The zero-order valence-corrected chi connectivity index (χ0v) is 18.9. The summed E-state index contributed by atoms with van der Waals surface area (Å²) < 4.78 is 12.6. The molecule has 0 spiro atoms. The van der Waals surface area contributed by atoms with E-state index >= 15 is 0 Å². The molecule has 3 aromatic carbocycles. The molecule has 0 N–H and O–H groups in total. The summed E-state index contributed by atoms with van der Waals surface area (Å²) >= 11 is 0. The third-order valence-electron chi connectivity index (χ3n) is 6.68. The SMILES string of the molecule is COC(c1cn(C)c2ccccc12)c1c(Cn2nnc3ccccc32)c2ccccc2n1C. The van der Waals surface area contributed by atoms with Gasteiger partial charge in [-0.3, -0.25) is 0 Å². The lowest BCUT2D eigenvalue weighted by atomic mass is 10.0. The Morgan fingerprint density at radius 2 is 1.48 bits per heavy atom. The summed E-state index contributed by atoms with van der Waals surface area (Å²) in [6.07, 6.45) is 1.96. The first-order chi connectivity index (χ1) is 16.2. The van der Waals surface area contributed by atoms with Gasteiger partial charge in [-0.1, -0.05) is 53.7 Å². The molecule has 0 aliphatic carbocycles. The second kappa shape index (κ2) is 7.60. The van der Waals surface area contributed by atoms with Crippen molar-refractivity contribution >= 4 is 32.8 Å². The Hall–Kier alpha value is -3.90. The molecule has 33 heavy (non-hydrogen) atoms. The van der Waals surface area contributed by atoms with Gasteiger partial charge in [-0.25, -0.2) is 4.68 Å². The maximum atomic E-state index is 6.22. The first-order valence-corrected chi connectivity index (χ1v) is 11.1. The number of aryl methyl sites for hydroxylation is 2. The largest absolute Gasteiger partial charge is 0.370 e. The first kappa shape index (κ1) is 19.8. The fourth-order valence-electron chi connectivity index (χ4n) is 5.14. The lowest BCUT2D eigenvalue weighted by Gasteiger charge is -2.19. The van der Waals surface area contributed by atoms with Gasteiger partial charge in [0.1, 0.15) is 11.6 Å². The number of nitrogens with zero attached hydrogens (tertiary/aromatic N) is 5. The molecule has 0 aliphatic heterocycles. The molecule has 0 saturated heterocycles. The molecule has 0 fully saturated rings. The van der Waals surface area contributed by atoms with Crippen LogP contribution < -0.4 is 0 Å². The predicted octanol–water partition coefficient (Wildman–Crippen LogP) is 5.20. The first-order valence-electron chi connectivity index (χ1n) is 11.1. The normalized spacial score (nSPS) is 12.8. The molecule has 0 radical (unpaired) electrons. The molecular weight excluding hydrogens is 410 g/mol. The van der Waals surface area contributed by atoms with Crippen LogP contribution in [0.2, 0.25) is 0 Å². The van der Waals surface area contributed by atoms with Gasteiger partial charge in [-0.15, -0.1) is 5.10 Å². The second-order valence-corrected chi connectivity index (χ2v) is 8.50. The van der Waals surface area contributed by atoms with Gasteiger partial charge < -0.3 is 13.9 Å². The molecule has 6 heteroatoms. The van der Waals surface area contributed by atoms with E-state index in [0.717, 1.165) is 22.3 Å². The smallest absolute Gasteiger partial charge is 0.124 e. The highest BCUT2D eigenvalue weighted by Gasteiger charge is 2.27. The van der Waals surface area contributed by atoms with Gasteiger partial charge in [-0.2, -0.15) is 0 Å². The van der Waals surface area contributed by atoms with Crippen LogP contribution in [0.15, 0.2) is 79.0 Å². The van der Waals surface area contributed by atoms with Crippen LogP contribution in [-0.2, 0) is 25.4 Å². The van der Waals surface area contributed by atoms with E-state index in [1.54, 1.807) is 7.11 Å². The number of methoxy groups -OCH3 is 1. The van der Waals surface area contributed by atoms with Crippen LogP contribution in [0.25, 0.3) is 32.8 Å². The molecule has 1 atom stereocenters. The van der Waals surface area contributed by atoms with Gasteiger partial charge in [0.05, 0.1) is 17.8 Å².